The average molecular weight is 237 g/mol. The molecular formula is C10H15N5O2. The number of ether oxygens (including phenoxy) is 1. The van der Waals surface area contributed by atoms with Crippen LogP contribution in [0.4, 0.5) is 5.82 Å². The molecule has 0 aliphatic heterocycles. The van der Waals surface area contributed by atoms with Gasteiger partial charge in [-0.2, -0.15) is 5.10 Å². The van der Waals surface area contributed by atoms with Crippen molar-refractivity contribution in [2.45, 2.75) is 0 Å². The molecule has 2 rings (SSSR count). The van der Waals surface area contributed by atoms with E-state index in [1.807, 2.05) is 7.05 Å². The van der Waals surface area contributed by atoms with Gasteiger partial charge in [0, 0.05) is 13.6 Å². The van der Waals surface area contributed by atoms with Crippen LogP contribution in [0.1, 0.15) is 0 Å². The normalized spacial score (nSPS) is 10.9. The van der Waals surface area contributed by atoms with E-state index < -0.39 is 0 Å². The van der Waals surface area contributed by atoms with Crippen LogP contribution >= 0.6 is 0 Å². The van der Waals surface area contributed by atoms with Gasteiger partial charge in [0.25, 0.3) is 0 Å². The van der Waals surface area contributed by atoms with Crippen LogP contribution in [0.15, 0.2) is 12.5 Å². The standard InChI is InChI=1S/C10H15N5O2/c1-15-10-8(6-14-15)9(12-7-13-10)11-2-4-17-5-3-16/h6-7,16H,2-5H2,1H3,(H,11,12,13). The zero-order chi connectivity index (χ0) is 12.1. The smallest absolute Gasteiger partial charge is 0.163 e. The Morgan fingerprint density at radius 3 is 3.12 bits per heavy atom. The van der Waals surface area contributed by atoms with Crippen LogP contribution in [-0.2, 0) is 11.8 Å². The number of fused-ring (bicyclic) bond motifs is 1. The van der Waals surface area contributed by atoms with E-state index in [1.165, 1.54) is 6.33 Å². The second-order valence-electron chi connectivity index (χ2n) is 3.49. The number of hydrogen-bond acceptors (Lipinski definition) is 6. The third-order valence-corrected chi connectivity index (χ3v) is 2.30. The molecule has 2 heterocycles. The van der Waals surface area contributed by atoms with Crippen LogP contribution in [0.2, 0.25) is 0 Å². The molecule has 0 saturated heterocycles. The maximum absolute atomic E-state index is 8.55. The summed E-state index contributed by atoms with van der Waals surface area (Å²) in [5, 5.41) is 16.7. The van der Waals surface area contributed by atoms with Gasteiger partial charge in [0.15, 0.2) is 5.65 Å². The Balaban J connectivity index is 1.99. The molecule has 0 saturated carbocycles. The molecule has 17 heavy (non-hydrogen) atoms. The van der Waals surface area contributed by atoms with Crippen LogP contribution in [0.3, 0.4) is 0 Å². The number of nitrogens with one attached hydrogen (secondary N) is 1. The van der Waals surface area contributed by atoms with Gasteiger partial charge in [-0.3, -0.25) is 4.68 Å². The van der Waals surface area contributed by atoms with Crippen molar-refractivity contribution in [1.82, 2.24) is 19.7 Å². The monoisotopic (exact) mass is 237 g/mol. The lowest BCUT2D eigenvalue weighted by atomic mass is 10.4. The summed E-state index contributed by atoms with van der Waals surface area (Å²) in [5.74, 6) is 0.746. The molecule has 2 aromatic heterocycles. The molecule has 0 radical (unpaired) electrons. The van der Waals surface area contributed by atoms with Crippen LogP contribution in [0.5, 0.6) is 0 Å². The van der Waals surface area contributed by atoms with Gasteiger partial charge in [0.2, 0.25) is 0 Å². The Bertz CT molecular complexity index is 485. The van der Waals surface area contributed by atoms with E-state index in [0.29, 0.717) is 19.8 Å². The summed E-state index contributed by atoms with van der Waals surface area (Å²) < 4.78 is 6.84. The fourth-order valence-electron chi connectivity index (χ4n) is 1.51. The minimum Gasteiger partial charge on any atom is -0.394 e. The maximum Gasteiger partial charge on any atom is 0.163 e. The van der Waals surface area contributed by atoms with Crippen molar-refractivity contribution in [2.24, 2.45) is 7.05 Å². The van der Waals surface area contributed by atoms with Crippen molar-refractivity contribution in [3.63, 3.8) is 0 Å². The number of aromatic nitrogens is 4. The Hall–Kier alpha value is -1.73. The lowest BCUT2D eigenvalue weighted by molar-refractivity contribution is 0.0992. The van der Waals surface area contributed by atoms with Crippen LogP contribution in [0, 0.1) is 0 Å². The van der Waals surface area contributed by atoms with Crippen LogP contribution in [-0.4, -0.2) is 51.2 Å². The summed E-state index contributed by atoms with van der Waals surface area (Å²) in [7, 11) is 1.84. The molecule has 0 fully saturated rings. The van der Waals surface area contributed by atoms with Crippen molar-refractivity contribution >= 4 is 16.9 Å². The number of aliphatic hydroxyl groups excluding tert-OH is 1. The summed E-state index contributed by atoms with van der Waals surface area (Å²) in [5.41, 5.74) is 0.791. The minimum atomic E-state index is 0.0420. The van der Waals surface area contributed by atoms with E-state index in [9.17, 15) is 0 Å². The van der Waals surface area contributed by atoms with E-state index in [0.717, 1.165) is 16.9 Å². The lowest BCUT2D eigenvalue weighted by Gasteiger charge is -2.06. The van der Waals surface area contributed by atoms with Gasteiger partial charge in [0.1, 0.15) is 12.1 Å². The summed E-state index contributed by atoms with van der Waals surface area (Å²) in [6.45, 7) is 1.54. The third-order valence-electron chi connectivity index (χ3n) is 2.30. The first kappa shape index (κ1) is 11.7. The number of aryl methyl sites for hydroxylation is 1. The Labute approximate surface area is 98.4 Å². The number of hydrogen-bond donors (Lipinski definition) is 2. The summed E-state index contributed by atoms with van der Waals surface area (Å²) >= 11 is 0. The highest BCUT2D eigenvalue weighted by Gasteiger charge is 2.06. The Kier molecular flexibility index (Phi) is 3.84. The van der Waals surface area contributed by atoms with E-state index in [-0.39, 0.29) is 6.61 Å². The van der Waals surface area contributed by atoms with Gasteiger partial charge < -0.3 is 15.2 Å². The van der Waals surface area contributed by atoms with Gasteiger partial charge in [-0.1, -0.05) is 0 Å². The fraction of sp³-hybridized carbons (Fsp3) is 0.500. The lowest BCUT2D eigenvalue weighted by Crippen LogP contribution is -2.12. The molecule has 0 aliphatic rings. The first-order valence-corrected chi connectivity index (χ1v) is 5.38. The zero-order valence-electron chi connectivity index (χ0n) is 9.63. The van der Waals surface area contributed by atoms with Gasteiger partial charge in [0.05, 0.1) is 31.4 Å². The number of rotatable bonds is 6. The summed E-state index contributed by atoms with van der Waals surface area (Å²) in [4.78, 5) is 8.30. The van der Waals surface area contributed by atoms with E-state index in [2.05, 4.69) is 20.4 Å². The van der Waals surface area contributed by atoms with Crippen molar-refractivity contribution in [1.29, 1.82) is 0 Å². The predicted molar refractivity (Wildman–Crippen MR) is 62.7 cm³/mol. The molecule has 2 aromatic rings. The quantitative estimate of drug-likeness (QED) is 0.676. The Morgan fingerprint density at radius 1 is 1.41 bits per heavy atom. The number of anilines is 1. The first-order valence-electron chi connectivity index (χ1n) is 5.38. The van der Waals surface area contributed by atoms with Crippen molar-refractivity contribution in [2.75, 3.05) is 31.7 Å². The Morgan fingerprint density at radius 2 is 2.29 bits per heavy atom. The molecule has 2 N–H and O–H groups in total. The van der Waals surface area contributed by atoms with Crippen LogP contribution < -0.4 is 5.32 Å². The van der Waals surface area contributed by atoms with Crippen molar-refractivity contribution in [3.8, 4) is 0 Å². The van der Waals surface area contributed by atoms with E-state index >= 15 is 0 Å². The maximum atomic E-state index is 8.55. The highest BCUT2D eigenvalue weighted by atomic mass is 16.5. The molecule has 0 bridgehead atoms. The van der Waals surface area contributed by atoms with Gasteiger partial charge in [-0.25, -0.2) is 9.97 Å². The molecule has 0 unspecified atom stereocenters. The van der Waals surface area contributed by atoms with Crippen molar-refractivity contribution in [3.05, 3.63) is 12.5 Å². The van der Waals surface area contributed by atoms with Gasteiger partial charge >= 0.3 is 0 Å². The summed E-state index contributed by atoms with van der Waals surface area (Å²) in [6.07, 6.45) is 3.23. The largest absolute Gasteiger partial charge is 0.394 e. The number of nitrogens with zero attached hydrogens (tertiary/aromatic N) is 4. The third kappa shape index (κ3) is 2.69. The second kappa shape index (κ2) is 5.55. The zero-order valence-corrected chi connectivity index (χ0v) is 9.63. The van der Waals surface area contributed by atoms with E-state index in [1.54, 1.807) is 10.9 Å². The summed E-state index contributed by atoms with van der Waals surface area (Å²) in [6, 6.07) is 0. The molecule has 7 heteroatoms. The molecule has 0 aromatic carbocycles. The SMILES string of the molecule is Cn1ncc2c(NCCOCCO)ncnc21. The minimum absolute atomic E-state index is 0.0420. The molecule has 7 nitrogen and oxygen atoms in total. The van der Waals surface area contributed by atoms with Crippen LogP contribution in [0.25, 0.3) is 11.0 Å². The van der Waals surface area contributed by atoms with Crippen molar-refractivity contribution < 1.29 is 9.84 Å². The highest BCUT2D eigenvalue weighted by molar-refractivity contribution is 5.85. The predicted octanol–water partition coefficient (Wildman–Crippen LogP) is -0.216. The highest BCUT2D eigenvalue weighted by Crippen LogP contribution is 2.16. The number of aliphatic hydroxyl groups is 1. The topological polar surface area (TPSA) is 85.1 Å². The van der Waals surface area contributed by atoms with E-state index in [4.69, 9.17) is 9.84 Å². The average Bonchev–Trinajstić information content (AvgIpc) is 2.72. The fourth-order valence-corrected chi connectivity index (χ4v) is 1.51. The van der Waals surface area contributed by atoms with Gasteiger partial charge in [-0.15, -0.1) is 0 Å². The second-order valence-corrected chi connectivity index (χ2v) is 3.49. The first-order chi connectivity index (χ1) is 8.33. The molecular weight excluding hydrogens is 222 g/mol. The molecule has 92 valence electrons. The molecule has 0 amide bonds. The molecule has 0 atom stereocenters. The molecule has 0 aliphatic carbocycles. The molecule has 0 spiro atoms. The van der Waals surface area contributed by atoms with Gasteiger partial charge in [-0.05, 0) is 0 Å².